The molecule has 1 atom stereocenters. The number of hydrogen-bond donors (Lipinski definition) is 1. The van der Waals surface area contributed by atoms with Crippen LogP contribution in [0.2, 0.25) is 0 Å². The molecule has 1 fully saturated rings. The number of halogens is 1. The van der Waals surface area contributed by atoms with Crippen molar-refractivity contribution in [2.45, 2.75) is 32.7 Å². The Hall–Kier alpha value is -3.04. The minimum Gasteiger partial charge on any atom is -0.507 e. The van der Waals surface area contributed by atoms with Crippen molar-refractivity contribution in [3.05, 3.63) is 74.7 Å². The van der Waals surface area contributed by atoms with Gasteiger partial charge in [0.25, 0.3) is 5.78 Å². The van der Waals surface area contributed by atoms with Gasteiger partial charge in [-0.1, -0.05) is 52.7 Å². The summed E-state index contributed by atoms with van der Waals surface area (Å²) in [6.45, 7) is 4.47. The molecule has 1 N–H and O–H groups in total. The van der Waals surface area contributed by atoms with Crippen LogP contribution in [-0.2, 0) is 9.59 Å². The Balaban J connectivity index is 1.78. The van der Waals surface area contributed by atoms with E-state index in [1.165, 1.54) is 16.2 Å². The van der Waals surface area contributed by atoms with Gasteiger partial charge in [-0.05, 0) is 55.3 Å². The zero-order valence-electron chi connectivity index (χ0n) is 18.1. The van der Waals surface area contributed by atoms with E-state index in [9.17, 15) is 14.7 Å². The number of nitrogens with zero attached hydrogens (tertiary/aromatic N) is 3. The van der Waals surface area contributed by atoms with Gasteiger partial charge in [0, 0.05) is 10.0 Å². The molecule has 0 bridgehead atoms. The minimum absolute atomic E-state index is 0.00910. The molecule has 2 heterocycles. The Labute approximate surface area is 203 Å². The van der Waals surface area contributed by atoms with Crippen LogP contribution in [0.25, 0.3) is 5.76 Å². The second-order valence-corrected chi connectivity index (χ2v) is 9.63. The van der Waals surface area contributed by atoms with Crippen LogP contribution >= 0.6 is 27.3 Å². The Morgan fingerprint density at radius 2 is 1.82 bits per heavy atom. The zero-order chi connectivity index (χ0) is 23.5. The van der Waals surface area contributed by atoms with E-state index in [1.807, 2.05) is 12.1 Å². The van der Waals surface area contributed by atoms with Crippen molar-refractivity contribution in [1.29, 1.82) is 0 Å². The maximum atomic E-state index is 13.1. The number of amides is 1. The summed E-state index contributed by atoms with van der Waals surface area (Å²) in [5, 5.41) is 20.2. The topological polar surface area (TPSA) is 92.6 Å². The van der Waals surface area contributed by atoms with Crippen LogP contribution in [0.5, 0.6) is 5.75 Å². The van der Waals surface area contributed by atoms with E-state index in [0.29, 0.717) is 33.6 Å². The number of anilines is 1. The first-order chi connectivity index (χ1) is 15.9. The summed E-state index contributed by atoms with van der Waals surface area (Å²) >= 11 is 4.62. The number of carbonyl (C=O) groups is 2. The second-order valence-electron chi connectivity index (χ2n) is 7.55. The van der Waals surface area contributed by atoms with Crippen molar-refractivity contribution in [2.24, 2.45) is 0 Å². The SMILES string of the molecule is CCCCOc1ccc(/C(O)=C2/C(=O)C(=O)N(c3nnc(C)s3)C2c2ccc(Br)cc2)cc1. The van der Waals surface area contributed by atoms with Crippen LogP contribution in [0.3, 0.4) is 0 Å². The number of ether oxygens (including phenoxy) is 1. The fourth-order valence-corrected chi connectivity index (χ4v) is 4.55. The Morgan fingerprint density at radius 1 is 1.12 bits per heavy atom. The molecule has 7 nitrogen and oxygen atoms in total. The number of aryl methyl sites for hydroxylation is 1. The van der Waals surface area contributed by atoms with Crippen molar-refractivity contribution >= 4 is 49.8 Å². The third-order valence-electron chi connectivity index (χ3n) is 5.25. The van der Waals surface area contributed by atoms with E-state index < -0.39 is 17.7 Å². The van der Waals surface area contributed by atoms with Crippen LogP contribution in [0.4, 0.5) is 5.13 Å². The third kappa shape index (κ3) is 4.69. The van der Waals surface area contributed by atoms with Crippen molar-refractivity contribution in [1.82, 2.24) is 10.2 Å². The van der Waals surface area contributed by atoms with Crippen molar-refractivity contribution < 1.29 is 19.4 Å². The molecule has 170 valence electrons. The Kier molecular flexibility index (Phi) is 6.90. The number of aliphatic hydroxyl groups is 1. The number of carbonyl (C=O) groups excluding carboxylic acids is 2. The summed E-state index contributed by atoms with van der Waals surface area (Å²) in [6, 6.07) is 13.3. The number of Topliss-reactive ketones (excluding diaryl/α,β-unsaturated/α-hetero) is 1. The van der Waals surface area contributed by atoms with Crippen LogP contribution in [0, 0.1) is 6.92 Å². The Bertz CT molecular complexity index is 1210. The lowest BCUT2D eigenvalue weighted by molar-refractivity contribution is -0.132. The molecule has 1 aliphatic heterocycles. The van der Waals surface area contributed by atoms with Gasteiger partial charge in [-0.2, -0.15) is 0 Å². The molecule has 3 aromatic rings. The van der Waals surface area contributed by atoms with Crippen LogP contribution in [-0.4, -0.2) is 33.6 Å². The molecule has 0 aliphatic carbocycles. The first kappa shape index (κ1) is 23.1. The fraction of sp³-hybridized carbons (Fsp3) is 0.250. The van der Waals surface area contributed by atoms with Crippen LogP contribution in [0.1, 0.15) is 41.9 Å². The predicted octanol–water partition coefficient (Wildman–Crippen LogP) is 5.41. The molecule has 33 heavy (non-hydrogen) atoms. The van der Waals surface area contributed by atoms with Gasteiger partial charge in [-0.15, -0.1) is 10.2 Å². The third-order valence-corrected chi connectivity index (χ3v) is 6.61. The molecule has 1 aromatic heterocycles. The highest BCUT2D eigenvalue weighted by Gasteiger charge is 2.48. The number of rotatable bonds is 7. The van der Waals surface area contributed by atoms with E-state index in [4.69, 9.17) is 4.74 Å². The molecular weight excluding hydrogens is 506 g/mol. The smallest absolute Gasteiger partial charge is 0.301 e. The average molecular weight is 528 g/mol. The number of aromatic nitrogens is 2. The number of benzene rings is 2. The van der Waals surface area contributed by atoms with Gasteiger partial charge >= 0.3 is 5.91 Å². The maximum Gasteiger partial charge on any atom is 0.301 e. The molecule has 0 spiro atoms. The molecule has 1 saturated heterocycles. The summed E-state index contributed by atoms with van der Waals surface area (Å²) in [6.07, 6.45) is 1.98. The summed E-state index contributed by atoms with van der Waals surface area (Å²) < 4.78 is 6.53. The Morgan fingerprint density at radius 3 is 2.42 bits per heavy atom. The molecule has 9 heteroatoms. The lowest BCUT2D eigenvalue weighted by Crippen LogP contribution is -2.29. The number of aliphatic hydroxyl groups excluding tert-OH is 1. The molecule has 4 rings (SSSR count). The first-order valence-electron chi connectivity index (χ1n) is 10.5. The molecule has 1 amide bonds. The predicted molar refractivity (Wildman–Crippen MR) is 130 cm³/mol. The van der Waals surface area contributed by atoms with Gasteiger partial charge in [-0.25, -0.2) is 0 Å². The number of ketones is 1. The molecule has 1 unspecified atom stereocenters. The molecule has 2 aromatic carbocycles. The van der Waals surface area contributed by atoms with Gasteiger partial charge in [0.1, 0.15) is 16.5 Å². The molecule has 0 saturated carbocycles. The van der Waals surface area contributed by atoms with Crippen molar-refractivity contribution in [3.63, 3.8) is 0 Å². The maximum absolute atomic E-state index is 13.1. The normalized spacial score (nSPS) is 17.5. The van der Waals surface area contributed by atoms with Gasteiger partial charge in [0.15, 0.2) is 0 Å². The molecule has 1 aliphatic rings. The van der Waals surface area contributed by atoms with E-state index >= 15 is 0 Å². The van der Waals surface area contributed by atoms with Gasteiger partial charge in [-0.3, -0.25) is 14.5 Å². The van der Waals surface area contributed by atoms with Crippen molar-refractivity contribution in [2.75, 3.05) is 11.5 Å². The van der Waals surface area contributed by atoms with E-state index in [-0.39, 0.29) is 11.3 Å². The van der Waals surface area contributed by atoms with Gasteiger partial charge < -0.3 is 9.84 Å². The highest BCUT2D eigenvalue weighted by atomic mass is 79.9. The highest BCUT2D eigenvalue weighted by Crippen LogP contribution is 2.43. The lowest BCUT2D eigenvalue weighted by atomic mass is 9.95. The monoisotopic (exact) mass is 527 g/mol. The highest BCUT2D eigenvalue weighted by molar-refractivity contribution is 9.10. The van der Waals surface area contributed by atoms with Crippen LogP contribution in [0.15, 0.2) is 58.6 Å². The quantitative estimate of drug-likeness (QED) is 0.191. The zero-order valence-corrected chi connectivity index (χ0v) is 20.5. The lowest BCUT2D eigenvalue weighted by Gasteiger charge is -2.22. The first-order valence-corrected chi connectivity index (χ1v) is 12.1. The van der Waals surface area contributed by atoms with Gasteiger partial charge in [0.05, 0.1) is 18.2 Å². The summed E-state index contributed by atoms with van der Waals surface area (Å²) in [4.78, 5) is 27.5. The second kappa shape index (κ2) is 9.84. The minimum atomic E-state index is -0.828. The van der Waals surface area contributed by atoms with Crippen LogP contribution < -0.4 is 9.64 Å². The van der Waals surface area contributed by atoms with Gasteiger partial charge in [0.2, 0.25) is 5.13 Å². The standard InChI is InChI=1S/C24H22BrN3O4S/c1-3-4-13-32-18-11-7-16(8-12-18)21(29)19-20(15-5-9-17(25)10-6-15)28(23(31)22(19)30)24-27-26-14(2)33-24/h5-12,20,29H,3-4,13H2,1-2H3/b21-19-. The molecule has 0 radical (unpaired) electrons. The van der Waals surface area contributed by atoms with Crippen molar-refractivity contribution in [3.8, 4) is 5.75 Å². The van der Waals surface area contributed by atoms with E-state index in [1.54, 1.807) is 43.3 Å². The average Bonchev–Trinajstić information content (AvgIpc) is 3.35. The largest absolute Gasteiger partial charge is 0.507 e. The van der Waals surface area contributed by atoms with E-state index in [0.717, 1.165) is 17.3 Å². The summed E-state index contributed by atoms with van der Waals surface area (Å²) in [7, 11) is 0. The number of unbranched alkanes of at least 4 members (excludes halogenated alkanes) is 1. The van der Waals surface area contributed by atoms with E-state index in [2.05, 4.69) is 33.1 Å². The summed E-state index contributed by atoms with van der Waals surface area (Å²) in [5.74, 6) is -1.09. The number of hydrogen-bond acceptors (Lipinski definition) is 7. The fourth-order valence-electron chi connectivity index (χ4n) is 3.57. The summed E-state index contributed by atoms with van der Waals surface area (Å²) in [5.41, 5.74) is 1.10. The molecular formula is C24H22BrN3O4S.